The lowest BCUT2D eigenvalue weighted by molar-refractivity contribution is 0.304. The van der Waals surface area contributed by atoms with Crippen LogP contribution in [0.25, 0.3) is 0 Å². The van der Waals surface area contributed by atoms with Gasteiger partial charge in [0.2, 0.25) is 0 Å². The van der Waals surface area contributed by atoms with Crippen molar-refractivity contribution in [2.45, 2.75) is 40.0 Å². The lowest BCUT2D eigenvalue weighted by atomic mass is 9.86. The van der Waals surface area contributed by atoms with Gasteiger partial charge in [-0.3, -0.25) is 0 Å². The van der Waals surface area contributed by atoms with E-state index in [9.17, 15) is 8.78 Å². The Balaban J connectivity index is 2.44. The van der Waals surface area contributed by atoms with Crippen molar-refractivity contribution in [2.24, 2.45) is 16.3 Å². The molecule has 0 fully saturated rings. The molecule has 0 aromatic heterocycles. The molecular formula is C15H23F2N3O. The van der Waals surface area contributed by atoms with Crippen LogP contribution in [0.5, 0.6) is 0 Å². The molecule has 0 saturated carbocycles. The lowest BCUT2D eigenvalue weighted by Crippen LogP contribution is -2.31. The highest BCUT2D eigenvalue weighted by atomic mass is 19.1. The molecule has 1 rings (SSSR count). The predicted molar refractivity (Wildman–Crippen MR) is 80.6 cm³/mol. The predicted octanol–water partition coefficient (Wildman–Crippen LogP) is 3.63. The Morgan fingerprint density at radius 3 is 2.62 bits per heavy atom. The maximum Gasteiger partial charge on any atom is 0.152 e. The van der Waals surface area contributed by atoms with E-state index in [1.54, 1.807) is 6.92 Å². The molecule has 0 spiro atoms. The van der Waals surface area contributed by atoms with E-state index in [0.717, 1.165) is 19.3 Å². The molecule has 0 bridgehead atoms. The summed E-state index contributed by atoms with van der Waals surface area (Å²) in [5, 5.41) is 14.5. The van der Waals surface area contributed by atoms with Gasteiger partial charge in [0.1, 0.15) is 17.3 Å². The van der Waals surface area contributed by atoms with Crippen LogP contribution in [-0.4, -0.2) is 17.6 Å². The Labute approximate surface area is 124 Å². The maximum atomic E-state index is 13.8. The number of rotatable bonds is 7. The Hall–Kier alpha value is -1.85. The van der Waals surface area contributed by atoms with E-state index in [-0.39, 0.29) is 11.5 Å². The summed E-state index contributed by atoms with van der Waals surface area (Å²) in [6.45, 7) is 5.83. The highest BCUT2D eigenvalue weighted by Crippen LogP contribution is 2.24. The van der Waals surface area contributed by atoms with Crippen molar-refractivity contribution in [3.05, 3.63) is 29.3 Å². The van der Waals surface area contributed by atoms with Gasteiger partial charge in [-0.25, -0.2) is 8.78 Å². The van der Waals surface area contributed by atoms with E-state index < -0.39 is 17.0 Å². The van der Waals surface area contributed by atoms with Crippen LogP contribution in [0.15, 0.2) is 17.3 Å². The molecule has 118 valence electrons. The van der Waals surface area contributed by atoms with Gasteiger partial charge in [0.25, 0.3) is 0 Å². The summed E-state index contributed by atoms with van der Waals surface area (Å²) in [7, 11) is 0. The molecule has 4 N–H and O–H groups in total. The van der Waals surface area contributed by atoms with Crippen LogP contribution < -0.4 is 11.1 Å². The highest BCUT2D eigenvalue weighted by molar-refractivity contribution is 5.85. The second kappa shape index (κ2) is 7.24. The zero-order valence-corrected chi connectivity index (χ0v) is 12.7. The molecule has 0 radical (unpaired) electrons. The van der Waals surface area contributed by atoms with E-state index in [1.807, 2.05) is 13.8 Å². The minimum absolute atomic E-state index is 0.0781. The summed E-state index contributed by atoms with van der Waals surface area (Å²) in [5.74, 6) is -0.951. The fourth-order valence-corrected chi connectivity index (χ4v) is 1.99. The number of nitrogens with zero attached hydrogens (tertiary/aromatic N) is 1. The summed E-state index contributed by atoms with van der Waals surface area (Å²) in [5.41, 5.74) is 5.54. The van der Waals surface area contributed by atoms with Gasteiger partial charge < -0.3 is 16.3 Å². The number of nitrogens with one attached hydrogen (secondary N) is 1. The first-order chi connectivity index (χ1) is 9.79. The van der Waals surface area contributed by atoms with Crippen molar-refractivity contribution in [3.8, 4) is 0 Å². The maximum absolute atomic E-state index is 13.8. The van der Waals surface area contributed by atoms with Crippen molar-refractivity contribution >= 4 is 11.5 Å². The van der Waals surface area contributed by atoms with Crippen LogP contribution in [-0.2, 0) is 0 Å². The number of unbranched alkanes of at least 4 members (excludes halogenated alkanes) is 1. The Kier molecular flexibility index (Phi) is 5.93. The average molecular weight is 299 g/mol. The first kappa shape index (κ1) is 17.2. The number of anilines is 1. The summed E-state index contributed by atoms with van der Waals surface area (Å²) in [6, 6.07) is 2.66. The number of benzene rings is 1. The summed E-state index contributed by atoms with van der Waals surface area (Å²) in [6.07, 6.45) is 2.25. The highest BCUT2D eigenvalue weighted by Gasteiger charge is 2.22. The smallest absolute Gasteiger partial charge is 0.152 e. The molecule has 4 nitrogen and oxygen atoms in total. The van der Waals surface area contributed by atoms with Crippen molar-refractivity contribution in [1.29, 1.82) is 0 Å². The number of aryl methyl sites for hydroxylation is 1. The van der Waals surface area contributed by atoms with Crippen LogP contribution >= 0.6 is 0 Å². The molecule has 0 aliphatic heterocycles. The molecule has 6 heteroatoms. The first-order valence-electron chi connectivity index (χ1n) is 6.96. The Morgan fingerprint density at radius 1 is 1.33 bits per heavy atom. The Morgan fingerprint density at radius 2 is 2.00 bits per heavy atom. The van der Waals surface area contributed by atoms with Crippen LogP contribution in [0.2, 0.25) is 0 Å². The third kappa shape index (κ3) is 4.58. The molecule has 0 atom stereocenters. The Bertz CT molecular complexity index is 516. The molecule has 0 aliphatic rings. The number of hydrogen-bond acceptors (Lipinski definition) is 3. The van der Waals surface area contributed by atoms with Crippen LogP contribution in [0, 0.1) is 24.0 Å². The second-order valence-electron chi connectivity index (χ2n) is 5.81. The summed E-state index contributed by atoms with van der Waals surface area (Å²) in [4.78, 5) is 0. The zero-order chi connectivity index (χ0) is 16.0. The first-order valence-corrected chi connectivity index (χ1v) is 6.96. The van der Waals surface area contributed by atoms with Crippen molar-refractivity contribution < 1.29 is 14.0 Å². The summed E-state index contributed by atoms with van der Waals surface area (Å²) >= 11 is 0. The molecule has 0 aliphatic carbocycles. The number of nitrogens with two attached hydrogens (primary N) is 1. The SMILES string of the molecule is Cc1ccc(F)c(NCCCCC(C)(C)/C(N)=N/O)c1F. The van der Waals surface area contributed by atoms with Crippen LogP contribution in [0.4, 0.5) is 14.5 Å². The van der Waals surface area contributed by atoms with E-state index in [0.29, 0.717) is 12.1 Å². The molecule has 0 heterocycles. The molecule has 1 aromatic rings. The molecular weight excluding hydrogens is 276 g/mol. The zero-order valence-electron chi connectivity index (χ0n) is 12.7. The molecule has 0 saturated heterocycles. The largest absolute Gasteiger partial charge is 0.409 e. The third-order valence-corrected chi connectivity index (χ3v) is 3.62. The molecule has 21 heavy (non-hydrogen) atoms. The number of hydrogen-bond donors (Lipinski definition) is 3. The lowest BCUT2D eigenvalue weighted by Gasteiger charge is -2.22. The van der Waals surface area contributed by atoms with Crippen molar-refractivity contribution in [1.82, 2.24) is 0 Å². The standard InChI is InChI=1S/C15H23F2N3O/c1-10-6-7-11(16)13(12(10)17)19-9-5-4-8-15(2,3)14(18)20-21/h6-7,19,21H,4-5,8-9H2,1-3H3,(H2,18,20). The normalized spacial score (nSPS) is 12.5. The second-order valence-corrected chi connectivity index (χ2v) is 5.81. The fourth-order valence-electron chi connectivity index (χ4n) is 1.99. The monoisotopic (exact) mass is 299 g/mol. The quantitative estimate of drug-likeness (QED) is 0.237. The van der Waals surface area contributed by atoms with E-state index in [4.69, 9.17) is 10.9 Å². The van der Waals surface area contributed by atoms with Crippen LogP contribution in [0.1, 0.15) is 38.7 Å². The van der Waals surface area contributed by atoms with Gasteiger partial charge in [-0.2, -0.15) is 0 Å². The van der Waals surface area contributed by atoms with Gasteiger partial charge in [0.05, 0.1) is 0 Å². The van der Waals surface area contributed by atoms with Crippen molar-refractivity contribution in [2.75, 3.05) is 11.9 Å². The van der Waals surface area contributed by atoms with Gasteiger partial charge in [-0.15, -0.1) is 0 Å². The van der Waals surface area contributed by atoms with Gasteiger partial charge in [0.15, 0.2) is 5.82 Å². The minimum Gasteiger partial charge on any atom is -0.409 e. The average Bonchev–Trinajstić information content (AvgIpc) is 2.45. The molecule has 1 aromatic carbocycles. The van der Waals surface area contributed by atoms with Crippen LogP contribution in [0.3, 0.4) is 0 Å². The van der Waals surface area contributed by atoms with Gasteiger partial charge in [-0.05, 0) is 31.4 Å². The minimum atomic E-state index is -0.588. The van der Waals surface area contributed by atoms with Gasteiger partial charge in [0, 0.05) is 12.0 Å². The van der Waals surface area contributed by atoms with E-state index in [1.165, 1.54) is 12.1 Å². The van der Waals surface area contributed by atoms with Gasteiger partial charge in [-0.1, -0.05) is 31.5 Å². The number of oxime groups is 1. The third-order valence-electron chi connectivity index (χ3n) is 3.62. The topological polar surface area (TPSA) is 70.6 Å². The number of amidine groups is 1. The molecule has 0 unspecified atom stereocenters. The van der Waals surface area contributed by atoms with E-state index in [2.05, 4.69) is 10.5 Å². The fraction of sp³-hybridized carbons (Fsp3) is 0.533. The summed E-state index contributed by atoms with van der Waals surface area (Å²) < 4.78 is 27.3. The number of halogens is 2. The van der Waals surface area contributed by atoms with Gasteiger partial charge >= 0.3 is 0 Å². The van der Waals surface area contributed by atoms with Crippen molar-refractivity contribution in [3.63, 3.8) is 0 Å². The van der Waals surface area contributed by atoms with E-state index >= 15 is 0 Å². The molecule has 0 amide bonds.